The number of carbonyl (C=O) groups excluding carboxylic acids is 1. The standard InChI is InChI=1S/C19H26ClF3N2O/c1-4-18(2,3)12-5-8-14(9-6-12)24-17(26)25-16-11-13(19(21,22)23)7-10-15(16)20/h7,10-12,14H,4-6,8-9H2,1-3H3,(H2,24,25,26). The van der Waals surface area contributed by atoms with Crippen LogP contribution in [0, 0.1) is 11.3 Å². The largest absolute Gasteiger partial charge is 0.416 e. The van der Waals surface area contributed by atoms with Gasteiger partial charge in [0.1, 0.15) is 0 Å². The van der Waals surface area contributed by atoms with E-state index in [1.165, 1.54) is 0 Å². The highest BCUT2D eigenvalue weighted by Gasteiger charge is 2.33. The Morgan fingerprint density at radius 1 is 1.19 bits per heavy atom. The third-order valence-corrected chi connectivity index (χ3v) is 5.95. The van der Waals surface area contributed by atoms with Crippen LogP contribution in [-0.2, 0) is 6.18 Å². The van der Waals surface area contributed by atoms with Crippen LogP contribution in [-0.4, -0.2) is 12.1 Å². The number of nitrogens with one attached hydrogen (secondary N) is 2. The average Bonchev–Trinajstić information content (AvgIpc) is 2.56. The van der Waals surface area contributed by atoms with E-state index in [4.69, 9.17) is 11.6 Å². The molecule has 1 aliphatic carbocycles. The molecule has 26 heavy (non-hydrogen) atoms. The molecule has 7 heteroatoms. The molecule has 3 nitrogen and oxygen atoms in total. The van der Waals surface area contributed by atoms with Crippen LogP contribution in [0.2, 0.25) is 5.02 Å². The minimum absolute atomic E-state index is 0.0310. The second-order valence-electron chi connectivity index (χ2n) is 7.68. The zero-order valence-corrected chi connectivity index (χ0v) is 16.1. The summed E-state index contributed by atoms with van der Waals surface area (Å²) in [6, 6.07) is 2.39. The summed E-state index contributed by atoms with van der Waals surface area (Å²) in [6.07, 6.45) is 0.453. The fourth-order valence-electron chi connectivity index (χ4n) is 3.45. The van der Waals surface area contributed by atoms with Crippen LogP contribution in [0.4, 0.5) is 23.7 Å². The highest BCUT2D eigenvalue weighted by atomic mass is 35.5. The summed E-state index contributed by atoms with van der Waals surface area (Å²) in [5, 5.41) is 5.36. The fourth-order valence-corrected chi connectivity index (χ4v) is 3.61. The number of urea groups is 1. The van der Waals surface area contributed by atoms with Crippen molar-refractivity contribution in [1.29, 1.82) is 0 Å². The first-order chi connectivity index (χ1) is 12.0. The lowest BCUT2D eigenvalue weighted by molar-refractivity contribution is -0.137. The first kappa shape index (κ1) is 20.9. The molecule has 0 saturated heterocycles. The molecule has 0 aromatic heterocycles. The molecule has 0 spiro atoms. The topological polar surface area (TPSA) is 41.1 Å². The van der Waals surface area contributed by atoms with Crippen molar-refractivity contribution in [2.24, 2.45) is 11.3 Å². The smallest absolute Gasteiger partial charge is 0.335 e. The molecule has 0 bridgehead atoms. The minimum Gasteiger partial charge on any atom is -0.335 e. The molecule has 0 heterocycles. The van der Waals surface area contributed by atoms with Gasteiger partial charge >= 0.3 is 12.2 Å². The number of anilines is 1. The number of hydrogen-bond acceptors (Lipinski definition) is 1. The van der Waals surface area contributed by atoms with E-state index in [1.807, 2.05) is 0 Å². The maximum Gasteiger partial charge on any atom is 0.416 e. The van der Waals surface area contributed by atoms with Crippen LogP contribution in [0.15, 0.2) is 18.2 Å². The van der Waals surface area contributed by atoms with E-state index in [2.05, 4.69) is 31.4 Å². The molecule has 1 aromatic carbocycles. The van der Waals surface area contributed by atoms with Crippen LogP contribution in [0.1, 0.15) is 58.4 Å². The van der Waals surface area contributed by atoms with Gasteiger partial charge in [0.05, 0.1) is 16.3 Å². The van der Waals surface area contributed by atoms with Gasteiger partial charge in [0.25, 0.3) is 0 Å². The Balaban J connectivity index is 1.92. The van der Waals surface area contributed by atoms with Crippen molar-refractivity contribution in [3.05, 3.63) is 28.8 Å². The molecule has 1 saturated carbocycles. The van der Waals surface area contributed by atoms with E-state index in [-0.39, 0.29) is 16.8 Å². The molecular weight excluding hydrogens is 365 g/mol. The highest BCUT2D eigenvalue weighted by molar-refractivity contribution is 6.33. The number of hydrogen-bond donors (Lipinski definition) is 2. The van der Waals surface area contributed by atoms with Crippen molar-refractivity contribution in [3.8, 4) is 0 Å². The second kappa shape index (κ2) is 8.07. The average molecular weight is 391 g/mol. The van der Waals surface area contributed by atoms with Crippen LogP contribution in [0.5, 0.6) is 0 Å². The lowest BCUT2D eigenvalue weighted by Crippen LogP contribution is -2.41. The SMILES string of the molecule is CCC(C)(C)C1CCC(NC(=O)Nc2cc(C(F)(F)F)ccc2Cl)CC1. The first-order valence-electron chi connectivity index (χ1n) is 8.97. The molecular formula is C19H26ClF3N2O. The number of amides is 2. The maximum atomic E-state index is 12.8. The quantitative estimate of drug-likeness (QED) is 0.607. The molecule has 1 fully saturated rings. The van der Waals surface area contributed by atoms with Crippen molar-refractivity contribution in [3.63, 3.8) is 0 Å². The van der Waals surface area contributed by atoms with E-state index in [0.717, 1.165) is 50.3 Å². The summed E-state index contributed by atoms with van der Waals surface area (Å²) in [6.45, 7) is 6.73. The van der Waals surface area contributed by atoms with Gasteiger partial charge in [0.2, 0.25) is 0 Å². The molecule has 1 aliphatic rings. The maximum absolute atomic E-state index is 12.8. The summed E-state index contributed by atoms with van der Waals surface area (Å²) >= 11 is 5.91. The van der Waals surface area contributed by atoms with Gasteiger partial charge in [-0.1, -0.05) is 38.8 Å². The van der Waals surface area contributed by atoms with E-state index in [9.17, 15) is 18.0 Å². The van der Waals surface area contributed by atoms with Gasteiger partial charge < -0.3 is 10.6 Å². The molecule has 2 N–H and O–H groups in total. The normalized spacial score (nSPS) is 21.3. The van der Waals surface area contributed by atoms with Crippen molar-refractivity contribution >= 4 is 23.3 Å². The predicted molar refractivity (Wildman–Crippen MR) is 98.4 cm³/mol. The molecule has 0 unspecified atom stereocenters. The Kier molecular flexibility index (Phi) is 6.48. The van der Waals surface area contributed by atoms with E-state index in [0.29, 0.717) is 11.3 Å². The Morgan fingerprint density at radius 3 is 2.35 bits per heavy atom. The van der Waals surface area contributed by atoms with Gasteiger partial charge in [0.15, 0.2) is 0 Å². The Labute approximate surface area is 157 Å². The second-order valence-corrected chi connectivity index (χ2v) is 8.09. The Bertz CT molecular complexity index is 638. The van der Waals surface area contributed by atoms with Gasteiger partial charge in [0, 0.05) is 6.04 Å². The Morgan fingerprint density at radius 2 is 1.81 bits per heavy atom. The van der Waals surface area contributed by atoms with Crippen LogP contribution < -0.4 is 10.6 Å². The monoisotopic (exact) mass is 390 g/mol. The van der Waals surface area contributed by atoms with Gasteiger partial charge in [-0.05, 0) is 55.2 Å². The molecule has 2 rings (SSSR count). The summed E-state index contributed by atoms with van der Waals surface area (Å²) in [4.78, 5) is 12.2. The number of carbonyl (C=O) groups is 1. The molecule has 0 atom stereocenters. The lowest BCUT2D eigenvalue weighted by atomic mass is 9.69. The number of alkyl halides is 3. The van der Waals surface area contributed by atoms with Crippen LogP contribution in [0.25, 0.3) is 0 Å². The van der Waals surface area contributed by atoms with E-state index < -0.39 is 17.8 Å². The van der Waals surface area contributed by atoms with E-state index >= 15 is 0 Å². The molecule has 0 aliphatic heterocycles. The number of halogens is 4. The highest BCUT2D eigenvalue weighted by Crippen LogP contribution is 2.40. The Hall–Kier alpha value is -1.43. The summed E-state index contributed by atoms with van der Waals surface area (Å²) in [5.74, 6) is 0.631. The molecule has 2 amide bonds. The van der Waals surface area contributed by atoms with Gasteiger partial charge in [-0.15, -0.1) is 0 Å². The zero-order valence-electron chi connectivity index (χ0n) is 15.3. The predicted octanol–water partition coefficient (Wildman–Crippen LogP) is 6.48. The van der Waals surface area contributed by atoms with Crippen molar-refractivity contribution in [1.82, 2.24) is 5.32 Å². The van der Waals surface area contributed by atoms with E-state index in [1.54, 1.807) is 0 Å². The minimum atomic E-state index is -4.48. The zero-order chi connectivity index (χ0) is 19.5. The molecule has 146 valence electrons. The molecule has 1 aromatic rings. The molecule has 0 radical (unpaired) electrons. The summed E-state index contributed by atoms with van der Waals surface area (Å²) in [7, 11) is 0. The third kappa shape index (κ3) is 5.29. The van der Waals surface area contributed by atoms with Gasteiger partial charge in [-0.2, -0.15) is 13.2 Å². The van der Waals surface area contributed by atoms with Gasteiger partial charge in [-0.25, -0.2) is 4.79 Å². The number of rotatable bonds is 4. The summed E-state index contributed by atoms with van der Waals surface area (Å²) < 4.78 is 38.4. The van der Waals surface area contributed by atoms with Gasteiger partial charge in [-0.3, -0.25) is 0 Å². The van der Waals surface area contributed by atoms with Crippen molar-refractivity contribution in [2.75, 3.05) is 5.32 Å². The van der Waals surface area contributed by atoms with Crippen LogP contribution in [0.3, 0.4) is 0 Å². The fraction of sp³-hybridized carbons (Fsp3) is 0.632. The summed E-state index contributed by atoms with van der Waals surface area (Å²) in [5.41, 5.74) is -0.599. The van der Waals surface area contributed by atoms with Crippen LogP contribution >= 0.6 is 11.6 Å². The van der Waals surface area contributed by atoms with Crippen molar-refractivity contribution in [2.45, 2.75) is 65.1 Å². The van der Waals surface area contributed by atoms with Crippen molar-refractivity contribution < 1.29 is 18.0 Å². The number of benzene rings is 1. The third-order valence-electron chi connectivity index (χ3n) is 5.62. The lowest BCUT2D eigenvalue weighted by Gasteiger charge is -2.39. The first-order valence-corrected chi connectivity index (χ1v) is 9.35.